The number of hydrogen-bond acceptors (Lipinski definition) is 6. The van der Waals surface area contributed by atoms with Crippen LogP contribution in [-0.2, 0) is 23.7 Å². The summed E-state index contributed by atoms with van der Waals surface area (Å²) in [5, 5.41) is 2.23. The topological polar surface area (TPSA) is 128 Å². The first-order valence-corrected chi connectivity index (χ1v) is 6.42. The summed E-state index contributed by atoms with van der Waals surface area (Å²) in [5.74, 6) is -1.54. The highest BCUT2D eigenvalue weighted by Gasteiger charge is 2.22. The van der Waals surface area contributed by atoms with Crippen LogP contribution in [-0.4, -0.2) is 35.5 Å². The van der Waals surface area contributed by atoms with E-state index in [1.807, 2.05) is 0 Å². The van der Waals surface area contributed by atoms with Gasteiger partial charge in [-0.25, -0.2) is 4.79 Å². The molecule has 0 aromatic carbocycles. The van der Waals surface area contributed by atoms with Gasteiger partial charge in [0.1, 0.15) is 6.04 Å². The van der Waals surface area contributed by atoms with Crippen molar-refractivity contribution in [3.05, 3.63) is 0 Å². The van der Waals surface area contributed by atoms with Gasteiger partial charge in [0, 0.05) is 6.66 Å². The summed E-state index contributed by atoms with van der Waals surface area (Å²) in [7, 11) is -3.89. The maximum absolute atomic E-state index is 11.1. The van der Waals surface area contributed by atoms with Crippen molar-refractivity contribution in [2.45, 2.75) is 25.9 Å². The minimum Gasteiger partial charge on any atom is -0.341 e. The Morgan fingerprint density at radius 1 is 1.44 bits per heavy atom. The first-order chi connectivity index (χ1) is 7.13. The van der Waals surface area contributed by atoms with Gasteiger partial charge in [0.2, 0.25) is 5.91 Å². The Morgan fingerprint density at radius 2 is 1.94 bits per heavy atom. The molecule has 0 spiro atoms. The van der Waals surface area contributed by atoms with Gasteiger partial charge in [-0.2, -0.15) is 0 Å². The number of nitrogens with two attached hydrogens (primary N) is 1. The summed E-state index contributed by atoms with van der Waals surface area (Å²) in [6.07, 6.45) is 0. The molecular formula is C7H15N2O6P. The zero-order valence-electron chi connectivity index (χ0n) is 9.17. The van der Waals surface area contributed by atoms with Crippen molar-refractivity contribution in [3.8, 4) is 0 Å². The summed E-state index contributed by atoms with van der Waals surface area (Å²) in [5.41, 5.74) is 5.25. The van der Waals surface area contributed by atoms with Gasteiger partial charge in [-0.15, -0.1) is 0 Å². The van der Waals surface area contributed by atoms with Gasteiger partial charge in [0.05, 0.1) is 6.04 Å². The van der Waals surface area contributed by atoms with Crippen LogP contribution in [0.2, 0.25) is 0 Å². The Labute approximate surface area is 92.6 Å². The standard InChI is InChI=1S/C7H15N2O6P/c1-4(8)6(10)9-5(2)7(11)14-15-16(3,12)13/h4-5H,8H2,1-3H3,(H,9,10)(H,12,13)/t4-,5-/m0/s1. The molecule has 0 fully saturated rings. The highest BCUT2D eigenvalue weighted by Crippen LogP contribution is 2.36. The molecule has 0 bridgehead atoms. The minimum atomic E-state index is -3.89. The SMILES string of the molecule is C[C@H](N)C(=O)N[C@@H](C)C(=O)OOP(C)(=O)O. The molecule has 0 aliphatic heterocycles. The van der Waals surface area contributed by atoms with Gasteiger partial charge < -0.3 is 15.9 Å². The number of amides is 1. The third-order valence-corrected chi connectivity index (χ3v) is 1.73. The van der Waals surface area contributed by atoms with E-state index in [0.29, 0.717) is 0 Å². The van der Waals surface area contributed by atoms with Gasteiger partial charge in [0.15, 0.2) is 0 Å². The molecule has 0 heterocycles. The molecule has 0 aliphatic carbocycles. The van der Waals surface area contributed by atoms with E-state index in [4.69, 9.17) is 10.6 Å². The Kier molecular flexibility index (Phi) is 5.60. The molecule has 1 amide bonds. The molecule has 0 saturated carbocycles. The average Bonchev–Trinajstić information content (AvgIpc) is 2.12. The summed E-state index contributed by atoms with van der Waals surface area (Å²) < 4.78 is 14.6. The van der Waals surface area contributed by atoms with Crippen LogP contribution in [0.4, 0.5) is 0 Å². The number of rotatable bonds is 5. The molecule has 0 rings (SSSR count). The van der Waals surface area contributed by atoms with Gasteiger partial charge in [-0.05, 0) is 13.8 Å². The van der Waals surface area contributed by atoms with E-state index in [0.717, 1.165) is 6.66 Å². The molecule has 4 N–H and O–H groups in total. The van der Waals surface area contributed by atoms with Crippen molar-refractivity contribution >= 4 is 19.5 Å². The lowest BCUT2D eigenvalue weighted by atomic mass is 10.3. The highest BCUT2D eigenvalue weighted by molar-refractivity contribution is 7.51. The van der Waals surface area contributed by atoms with Crippen LogP contribution in [0.1, 0.15) is 13.8 Å². The minimum absolute atomic E-state index is 0.548. The van der Waals surface area contributed by atoms with Crippen molar-refractivity contribution in [2.75, 3.05) is 6.66 Å². The van der Waals surface area contributed by atoms with E-state index >= 15 is 0 Å². The van der Waals surface area contributed by atoms with Crippen molar-refractivity contribution in [2.24, 2.45) is 5.73 Å². The molecule has 3 atom stereocenters. The third kappa shape index (κ3) is 6.52. The lowest BCUT2D eigenvalue weighted by Crippen LogP contribution is -2.46. The fraction of sp³-hybridized carbons (Fsp3) is 0.714. The normalized spacial score (nSPS) is 18.1. The maximum atomic E-state index is 11.1. The largest absolute Gasteiger partial charge is 0.364 e. The van der Waals surface area contributed by atoms with Crippen LogP contribution >= 0.6 is 7.60 Å². The van der Waals surface area contributed by atoms with E-state index in [2.05, 4.69) is 14.9 Å². The van der Waals surface area contributed by atoms with E-state index in [1.54, 1.807) is 0 Å². The molecule has 0 aliphatic rings. The first-order valence-electron chi connectivity index (χ1n) is 4.40. The fourth-order valence-electron chi connectivity index (χ4n) is 0.582. The summed E-state index contributed by atoms with van der Waals surface area (Å²) in [6.45, 7) is 3.62. The van der Waals surface area contributed by atoms with Crippen LogP contribution in [0.15, 0.2) is 0 Å². The second kappa shape index (κ2) is 5.95. The molecule has 9 heteroatoms. The highest BCUT2D eigenvalue weighted by atomic mass is 31.2. The fourth-order valence-corrected chi connectivity index (χ4v) is 0.794. The van der Waals surface area contributed by atoms with Crippen molar-refractivity contribution in [1.29, 1.82) is 0 Å². The van der Waals surface area contributed by atoms with Crippen molar-refractivity contribution in [1.82, 2.24) is 5.32 Å². The molecule has 8 nitrogen and oxygen atoms in total. The molecule has 0 aromatic rings. The molecule has 0 radical (unpaired) electrons. The average molecular weight is 254 g/mol. The van der Waals surface area contributed by atoms with Crippen molar-refractivity contribution in [3.63, 3.8) is 0 Å². The van der Waals surface area contributed by atoms with E-state index in [-0.39, 0.29) is 0 Å². The van der Waals surface area contributed by atoms with Crippen LogP contribution < -0.4 is 11.1 Å². The van der Waals surface area contributed by atoms with Crippen LogP contribution in [0, 0.1) is 0 Å². The number of carbonyl (C=O) groups excluding carboxylic acids is 2. The summed E-state index contributed by atoms with van der Waals surface area (Å²) in [6, 6.07) is -1.80. The van der Waals surface area contributed by atoms with Gasteiger partial charge in [0.25, 0.3) is 0 Å². The Morgan fingerprint density at radius 3 is 2.31 bits per heavy atom. The van der Waals surface area contributed by atoms with Crippen molar-refractivity contribution < 1.29 is 28.6 Å². The van der Waals surface area contributed by atoms with Gasteiger partial charge in [-0.1, -0.05) is 4.67 Å². The molecular weight excluding hydrogens is 239 g/mol. The predicted octanol–water partition coefficient (Wildman–Crippen LogP) is -0.872. The summed E-state index contributed by atoms with van der Waals surface area (Å²) in [4.78, 5) is 34.9. The third-order valence-electron chi connectivity index (χ3n) is 1.38. The molecule has 0 aromatic heterocycles. The quantitative estimate of drug-likeness (QED) is 0.330. The lowest BCUT2D eigenvalue weighted by Gasteiger charge is -2.13. The molecule has 0 saturated heterocycles. The summed E-state index contributed by atoms with van der Waals surface area (Å²) >= 11 is 0. The molecule has 16 heavy (non-hydrogen) atoms. The van der Waals surface area contributed by atoms with Crippen LogP contribution in [0.3, 0.4) is 0 Å². The first kappa shape index (κ1) is 15.0. The smallest absolute Gasteiger partial charge is 0.341 e. The Bertz CT molecular complexity index is 312. The van der Waals surface area contributed by atoms with Crippen LogP contribution in [0.5, 0.6) is 0 Å². The zero-order valence-corrected chi connectivity index (χ0v) is 10.1. The Balaban J connectivity index is 4.10. The second-order valence-electron chi connectivity index (χ2n) is 3.30. The number of nitrogens with one attached hydrogen (secondary N) is 1. The number of hydrogen-bond donors (Lipinski definition) is 3. The van der Waals surface area contributed by atoms with E-state index in [1.165, 1.54) is 13.8 Å². The van der Waals surface area contributed by atoms with Gasteiger partial charge in [-0.3, -0.25) is 14.2 Å². The lowest BCUT2D eigenvalue weighted by molar-refractivity contribution is -0.218. The number of carbonyl (C=O) groups is 2. The van der Waals surface area contributed by atoms with E-state index < -0.39 is 31.6 Å². The van der Waals surface area contributed by atoms with Crippen LogP contribution in [0.25, 0.3) is 0 Å². The maximum Gasteiger partial charge on any atom is 0.364 e. The Hall–Kier alpha value is -0.950. The molecule has 94 valence electrons. The molecule has 1 unspecified atom stereocenters. The van der Waals surface area contributed by atoms with E-state index in [9.17, 15) is 14.2 Å². The predicted molar refractivity (Wildman–Crippen MR) is 54.2 cm³/mol. The van der Waals surface area contributed by atoms with Gasteiger partial charge >= 0.3 is 13.6 Å². The zero-order chi connectivity index (χ0) is 12.9. The second-order valence-corrected chi connectivity index (χ2v) is 5.05. The monoisotopic (exact) mass is 254 g/mol.